The molecule has 0 fully saturated rings. The van der Waals surface area contributed by atoms with Crippen molar-refractivity contribution in [3.8, 4) is 28.2 Å². The van der Waals surface area contributed by atoms with Crippen LogP contribution in [-0.4, -0.2) is 41.7 Å². The van der Waals surface area contributed by atoms with E-state index in [1.807, 2.05) is 24.4 Å². The van der Waals surface area contributed by atoms with Crippen LogP contribution >= 0.6 is 0 Å². The zero-order valence-electron chi connectivity index (χ0n) is 16.4. The standard InChI is InChI=1S/C22H17FN8/c23-22-16(2-1-6-25-22)13-3-4-18-17(9-13)21(29-27-18)20-12-31(30-28-20)15-8-14-5-7-24-11-19(14)26-10-15/h1-4,6,8-10,12,24H,5,7,11H2,(H,27,29). The van der Waals surface area contributed by atoms with E-state index in [0.29, 0.717) is 17.0 Å². The number of aromatic amines is 1. The topological polar surface area (TPSA) is 97.2 Å². The molecule has 5 heterocycles. The molecular weight excluding hydrogens is 395 g/mol. The highest BCUT2D eigenvalue weighted by atomic mass is 19.1. The Bertz CT molecular complexity index is 1420. The molecule has 0 saturated carbocycles. The molecule has 0 aliphatic carbocycles. The highest BCUT2D eigenvalue weighted by molar-refractivity contribution is 5.94. The summed E-state index contributed by atoms with van der Waals surface area (Å²) in [6.45, 7) is 1.73. The molecule has 0 unspecified atom stereocenters. The fourth-order valence-corrected chi connectivity index (χ4v) is 3.93. The van der Waals surface area contributed by atoms with Crippen molar-refractivity contribution in [2.75, 3.05) is 6.54 Å². The van der Waals surface area contributed by atoms with Gasteiger partial charge in [0.1, 0.15) is 11.4 Å². The molecule has 5 aromatic rings. The Hall–Kier alpha value is -3.98. The molecule has 1 aliphatic heterocycles. The summed E-state index contributed by atoms with van der Waals surface area (Å²) in [6, 6.07) is 11.1. The van der Waals surface area contributed by atoms with Gasteiger partial charge in [-0.15, -0.1) is 5.10 Å². The molecule has 1 aliphatic rings. The summed E-state index contributed by atoms with van der Waals surface area (Å²) in [7, 11) is 0. The maximum Gasteiger partial charge on any atom is 0.220 e. The molecule has 9 heteroatoms. The van der Waals surface area contributed by atoms with Gasteiger partial charge in [-0.1, -0.05) is 11.3 Å². The number of pyridine rings is 2. The van der Waals surface area contributed by atoms with E-state index in [0.717, 1.165) is 47.4 Å². The minimum absolute atomic E-state index is 0.440. The number of hydrogen-bond donors (Lipinski definition) is 2. The highest BCUT2D eigenvalue weighted by Crippen LogP contribution is 2.30. The third-order valence-electron chi connectivity index (χ3n) is 5.54. The predicted molar refractivity (Wildman–Crippen MR) is 113 cm³/mol. The molecular formula is C22H17FN8. The molecule has 0 bridgehead atoms. The molecule has 1 aromatic carbocycles. The van der Waals surface area contributed by atoms with Crippen molar-refractivity contribution in [2.45, 2.75) is 13.0 Å². The lowest BCUT2D eigenvalue weighted by Gasteiger charge is -2.16. The SMILES string of the molecule is Fc1ncccc1-c1ccc2[nH]nc(-c3cn(-c4cnc5c(c4)CCNC5)nn3)c2c1. The van der Waals surface area contributed by atoms with Crippen molar-refractivity contribution in [1.29, 1.82) is 0 Å². The number of aromatic nitrogens is 7. The number of nitrogens with one attached hydrogen (secondary N) is 2. The quantitative estimate of drug-likeness (QED) is 0.442. The number of H-pyrrole nitrogens is 1. The average molecular weight is 412 g/mol. The first kappa shape index (κ1) is 17.8. The summed E-state index contributed by atoms with van der Waals surface area (Å²) < 4.78 is 15.9. The van der Waals surface area contributed by atoms with Crippen LogP contribution in [0.25, 0.3) is 39.1 Å². The molecule has 0 atom stereocenters. The molecule has 2 N–H and O–H groups in total. The lowest BCUT2D eigenvalue weighted by Crippen LogP contribution is -2.24. The van der Waals surface area contributed by atoms with Gasteiger partial charge in [-0.25, -0.2) is 9.67 Å². The number of nitrogens with zero attached hydrogens (tertiary/aromatic N) is 6. The van der Waals surface area contributed by atoms with Crippen LogP contribution in [-0.2, 0) is 13.0 Å². The fourth-order valence-electron chi connectivity index (χ4n) is 3.93. The smallest absolute Gasteiger partial charge is 0.220 e. The monoisotopic (exact) mass is 412 g/mol. The first-order valence-corrected chi connectivity index (χ1v) is 9.97. The third-order valence-corrected chi connectivity index (χ3v) is 5.54. The summed E-state index contributed by atoms with van der Waals surface area (Å²) in [5.74, 6) is -0.507. The Kier molecular flexibility index (Phi) is 4.07. The van der Waals surface area contributed by atoms with E-state index in [4.69, 9.17) is 0 Å². The number of rotatable bonds is 3. The Morgan fingerprint density at radius 2 is 2.06 bits per heavy atom. The molecule has 0 radical (unpaired) electrons. The first-order valence-electron chi connectivity index (χ1n) is 9.97. The summed E-state index contributed by atoms with van der Waals surface area (Å²) in [5, 5.41) is 20.2. The van der Waals surface area contributed by atoms with Crippen LogP contribution in [0.15, 0.2) is 55.0 Å². The van der Waals surface area contributed by atoms with Crippen LogP contribution in [0.3, 0.4) is 0 Å². The Morgan fingerprint density at radius 1 is 1.10 bits per heavy atom. The van der Waals surface area contributed by atoms with Gasteiger partial charge in [-0.3, -0.25) is 10.1 Å². The number of hydrogen-bond acceptors (Lipinski definition) is 6. The lowest BCUT2D eigenvalue weighted by atomic mass is 10.0. The van der Waals surface area contributed by atoms with Crippen LogP contribution < -0.4 is 5.32 Å². The van der Waals surface area contributed by atoms with Crippen molar-refractivity contribution in [3.63, 3.8) is 0 Å². The van der Waals surface area contributed by atoms with E-state index < -0.39 is 5.95 Å². The third kappa shape index (κ3) is 3.06. The molecule has 31 heavy (non-hydrogen) atoms. The van der Waals surface area contributed by atoms with Crippen molar-refractivity contribution < 1.29 is 4.39 Å². The van der Waals surface area contributed by atoms with Crippen molar-refractivity contribution >= 4 is 10.9 Å². The van der Waals surface area contributed by atoms with E-state index in [2.05, 4.69) is 41.9 Å². The van der Waals surface area contributed by atoms with E-state index in [1.165, 1.54) is 11.8 Å². The summed E-state index contributed by atoms with van der Waals surface area (Å²) >= 11 is 0. The van der Waals surface area contributed by atoms with Crippen LogP contribution in [0.1, 0.15) is 11.3 Å². The normalized spacial score (nSPS) is 13.5. The van der Waals surface area contributed by atoms with Gasteiger partial charge in [-0.05, 0) is 54.4 Å². The van der Waals surface area contributed by atoms with Crippen LogP contribution in [0.5, 0.6) is 0 Å². The van der Waals surface area contributed by atoms with Gasteiger partial charge in [0.15, 0.2) is 0 Å². The lowest BCUT2D eigenvalue weighted by molar-refractivity contribution is 0.587. The Balaban J connectivity index is 1.40. The van der Waals surface area contributed by atoms with E-state index in [-0.39, 0.29) is 0 Å². The molecule has 6 rings (SSSR count). The van der Waals surface area contributed by atoms with Crippen LogP contribution in [0, 0.1) is 5.95 Å². The Labute approximate surface area is 176 Å². The van der Waals surface area contributed by atoms with E-state index in [9.17, 15) is 4.39 Å². The maximum atomic E-state index is 14.2. The second kappa shape index (κ2) is 7.06. The van der Waals surface area contributed by atoms with Crippen LogP contribution in [0.4, 0.5) is 4.39 Å². The van der Waals surface area contributed by atoms with Gasteiger partial charge < -0.3 is 5.32 Å². The highest BCUT2D eigenvalue weighted by Gasteiger charge is 2.16. The van der Waals surface area contributed by atoms with Gasteiger partial charge in [0.2, 0.25) is 5.95 Å². The van der Waals surface area contributed by atoms with Gasteiger partial charge >= 0.3 is 0 Å². The van der Waals surface area contributed by atoms with E-state index >= 15 is 0 Å². The number of benzene rings is 1. The minimum atomic E-state index is -0.507. The summed E-state index contributed by atoms with van der Waals surface area (Å²) in [6.07, 6.45) is 6.01. The molecule has 8 nitrogen and oxygen atoms in total. The second-order valence-corrected chi connectivity index (χ2v) is 7.45. The predicted octanol–water partition coefficient (Wildman–Crippen LogP) is 3.05. The second-order valence-electron chi connectivity index (χ2n) is 7.45. The van der Waals surface area contributed by atoms with Crippen molar-refractivity contribution in [1.82, 2.24) is 40.5 Å². The van der Waals surface area contributed by atoms with Gasteiger partial charge in [0.05, 0.1) is 29.3 Å². The molecule has 152 valence electrons. The molecule has 0 spiro atoms. The molecule has 0 saturated heterocycles. The summed E-state index contributed by atoms with van der Waals surface area (Å²) in [4.78, 5) is 8.30. The van der Waals surface area contributed by atoms with E-state index in [1.54, 1.807) is 23.0 Å². The number of fused-ring (bicyclic) bond motifs is 2. The first-order chi connectivity index (χ1) is 15.3. The minimum Gasteiger partial charge on any atom is -0.311 e. The zero-order chi connectivity index (χ0) is 20.8. The van der Waals surface area contributed by atoms with Crippen molar-refractivity contribution in [3.05, 3.63) is 72.2 Å². The molecule has 4 aromatic heterocycles. The van der Waals surface area contributed by atoms with Gasteiger partial charge in [0.25, 0.3) is 0 Å². The fraction of sp³-hybridized carbons (Fsp3) is 0.136. The molecule has 0 amide bonds. The Morgan fingerprint density at radius 3 is 3.00 bits per heavy atom. The van der Waals surface area contributed by atoms with Crippen LogP contribution in [0.2, 0.25) is 0 Å². The van der Waals surface area contributed by atoms with Gasteiger partial charge in [-0.2, -0.15) is 9.49 Å². The summed E-state index contributed by atoms with van der Waals surface area (Å²) in [5.41, 5.74) is 6.43. The number of halogens is 1. The zero-order valence-corrected chi connectivity index (χ0v) is 16.4. The average Bonchev–Trinajstić information content (AvgIpc) is 3.46. The largest absolute Gasteiger partial charge is 0.311 e. The van der Waals surface area contributed by atoms with Gasteiger partial charge in [0, 0.05) is 23.7 Å². The van der Waals surface area contributed by atoms with Crippen molar-refractivity contribution in [2.24, 2.45) is 0 Å². The maximum absolute atomic E-state index is 14.2.